The lowest BCUT2D eigenvalue weighted by molar-refractivity contribution is -0.217. The normalized spacial score (nSPS) is 15.7. The largest absolute Gasteiger partial charge is 0.467 e. The quantitative estimate of drug-likeness (QED) is 0.798. The molecule has 6 heteroatoms. The van der Waals surface area contributed by atoms with Crippen LogP contribution in [0, 0.1) is 0 Å². The van der Waals surface area contributed by atoms with Gasteiger partial charge in [0, 0.05) is 0 Å². The van der Waals surface area contributed by atoms with Crippen LogP contribution in [0.25, 0.3) is 0 Å². The summed E-state index contributed by atoms with van der Waals surface area (Å²) in [7, 11) is 2.11. The summed E-state index contributed by atoms with van der Waals surface area (Å²) >= 11 is 0. The van der Waals surface area contributed by atoms with Gasteiger partial charge in [-0.3, -0.25) is 0 Å². The van der Waals surface area contributed by atoms with E-state index in [2.05, 4.69) is 9.47 Å². The second kappa shape index (κ2) is 6.82. The number of aliphatic hydroxyl groups is 2. The first-order valence-electron chi connectivity index (χ1n) is 7.15. The van der Waals surface area contributed by atoms with E-state index >= 15 is 0 Å². The van der Waals surface area contributed by atoms with Gasteiger partial charge in [-0.1, -0.05) is 60.7 Å². The fourth-order valence-electron chi connectivity index (χ4n) is 2.60. The van der Waals surface area contributed by atoms with Gasteiger partial charge in [0.15, 0.2) is 0 Å². The fraction of sp³-hybridized carbons (Fsp3) is 0.222. The number of carbonyl (C=O) groups is 2. The van der Waals surface area contributed by atoms with E-state index in [1.54, 1.807) is 36.4 Å². The number of ether oxygens (including phenoxy) is 2. The molecule has 2 rings (SSSR count). The van der Waals surface area contributed by atoms with Gasteiger partial charge < -0.3 is 19.7 Å². The number of esters is 2. The van der Waals surface area contributed by atoms with Gasteiger partial charge in [0.25, 0.3) is 0 Å². The lowest BCUT2D eigenvalue weighted by atomic mass is 9.73. The summed E-state index contributed by atoms with van der Waals surface area (Å²) in [5.74, 6) is -2.38. The maximum absolute atomic E-state index is 12.4. The molecule has 0 saturated carbocycles. The molecule has 0 spiro atoms. The molecule has 0 bridgehead atoms. The van der Waals surface area contributed by atoms with Gasteiger partial charge in [0.2, 0.25) is 11.2 Å². The third-order valence-electron chi connectivity index (χ3n) is 3.87. The van der Waals surface area contributed by atoms with Crippen molar-refractivity contribution in [2.75, 3.05) is 14.2 Å². The van der Waals surface area contributed by atoms with Crippen LogP contribution in [-0.2, 0) is 30.3 Å². The molecule has 0 aliphatic carbocycles. The fourth-order valence-corrected chi connectivity index (χ4v) is 2.60. The molecule has 6 nitrogen and oxygen atoms in total. The molecule has 2 N–H and O–H groups in total. The maximum atomic E-state index is 12.4. The molecule has 0 aliphatic rings. The van der Waals surface area contributed by atoms with Crippen molar-refractivity contribution in [1.29, 1.82) is 0 Å². The predicted molar refractivity (Wildman–Crippen MR) is 84.7 cm³/mol. The highest BCUT2D eigenvalue weighted by Crippen LogP contribution is 2.42. The summed E-state index contributed by atoms with van der Waals surface area (Å²) in [6, 6.07) is 15.2. The maximum Gasteiger partial charge on any atom is 0.346 e. The Balaban J connectivity index is 2.81. The summed E-state index contributed by atoms with van der Waals surface area (Å²) in [5.41, 5.74) is -5.41. The third kappa shape index (κ3) is 2.55. The molecule has 0 heterocycles. The molecule has 126 valence electrons. The van der Waals surface area contributed by atoms with Gasteiger partial charge >= 0.3 is 11.9 Å². The molecule has 0 fully saturated rings. The molecule has 0 unspecified atom stereocenters. The standard InChI is InChI=1S/C18H18O6/c1-23-15(19)17(21,13-9-5-3-6-10-13)18(22,16(20)24-2)14-11-7-4-8-12-14/h3-12,21-22H,1-2H3/t17-,18+. The number of hydrogen-bond acceptors (Lipinski definition) is 6. The summed E-state index contributed by atoms with van der Waals surface area (Å²) < 4.78 is 9.35. The van der Waals surface area contributed by atoms with Crippen molar-refractivity contribution < 1.29 is 29.3 Å². The highest BCUT2D eigenvalue weighted by Gasteiger charge is 2.63. The Morgan fingerprint density at radius 1 is 0.708 bits per heavy atom. The third-order valence-corrected chi connectivity index (χ3v) is 3.87. The molecule has 0 aliphatic heterocycles. The minimum absolute atomic E-state index is 0.00592. The Morgan fingerprint density at radius 2 is 1.00 bits per heavy atom. The molecule has 2 aromatic rings. The second-order valence-corrected chi connectivity index (χ2v) is 5.14. The highest BCUT2D eigenvalue weighted by molar-refractivity contribution is 5.94. The van der Waals surface area contributed by atoms with Crippen molar-refractivity contribution in [3.8, 4) is 0 Å². The van der Waals surface area contributed by atoms with Crippen LogP contribution in [0.2, 0.25) is 0 Å². The molecule has 0 saturated heterocycles. The summed E-state index contributed by atoms with van der Waals surface area (Å²) in [6.07, 6.45) is 0. The van der Waals surface area contributed by atoms with Gasteiger partial charge in [-0.05, 0) is 11.1 Å². The summed E-state index contributed by atoms with van der Waals surface area (Å²) in [6.45, 7) is 0. The van der Waals surface area contributed by atoms with E-state index in [0.29, 0.717) is 0 Å². The zero-order valence-electron chi connectivity index (χ0n) is 13.3. The Morgan fingerprint density at radius 3 is 1.25 bits per heavy atom. The van der Waals surface area contributed by atoms with E-state index in [0.717, 1.165) is 14.2 Å². The summed E-state index contributed by atoms with van der Waals surface area (Å²) in [5, 5.41) is 22.4. The average Bonchev–Trinajstić information content (AvgIpc) is 2.66. The molecule has 2 atom stereocenters. The van der Waals surface area contributed by atoms with Crippen molar-refractivity contribution in [3.63, 3.8) is 0 Å². The topological polar surface area (TPSA) is 93.1 Å². The molecule has 24 heavy (non-hydrogen) atoms. The first kappa shape index (κ1) is 17.7. The van der Waals surface area contributed by atoms with Crippen LogP contribution in [-0.4, -0.2) is 36.4 Å². The van der Waals surface area contributed by atoms with E-state index in [1.165, 1.54) is 24.3 Å². The minimum Gasteiger partial charge on any atom is -0.467 e. The second-order valence-electron chi connectivity index (χ2n) is 5.14. The number of methoxy groups -OCH3 is 2. The number of benzene rings is 2. The van der Waals surface area contributed by atoms with Crippen LogP contribution < -0.4 is 0 Å². The van der Waals surface area contributed by atoms with Crippen molar-refractivity contribution in [2.45, 2.75) is 11.2 Å². The molecular formula is C18H18O6. The van der Waals surface area contributed by atoms with E-state index in [1.807, 2.05) is 0 Å². The van der Waals surface area contributed by atoms with Crippen LogP contribution in [0.4, 0.5) is 0 Å². The molecular weight excluding hydrogens is 312 g/mol. The van der Waals surface area contributed by atoms with Crippen molar-refractivity contribution in [3.05, 3.63) is 71.8 Å². The average molecular weight is 330 g/mol. The Hall–Kier alpha value is -2.70. The van der Waals surface area contributed by atoms with Crippen LogP contribution >= 0.6 is 0 Å². The van der Waals surface area contributed by atoms with Gasteiger partial charge in [0.1, 0.15) is 0 Å². The summed E-state index contributed by atoms with van der Waals surface area (Å²) in [4.78, 5) is 24.9. The van der Waals surface area contributed by atoms with E-state index < -0.39 is 23.1 Å². The van der Waals surface area contributed by atoms with Gasteiger partial charge in [-0.2, -0.15) is 0 Å². The molecule has 0 radical (unpaired) electrons. The Bertz CT molecular complexity index is 651. The molecule has 2 aromatic carbocycles. The zero-order valence-corrected chi connectivity index (χ0v) is 13.3. The molecule has 0 amide bonds. The minimum atomic E-state index is -2.70. The number of rotatable bonds is 5. The monoisotopic (exact) mass is 330 g/mol. The highest BCUT2D eigenvalue weighted by atomic mass is 16.6. The lowest BCUT2D eigenvalue weighted by Crippen LogP contribution is -2.59. The van der Waals surface area contributed by atoms with Gasteiger partial charge in [0.05, 0.1) is 14.2 Å². The van der Waals surface area contributed by atoms with E-state index in [4.69, 9.17) is 0 Å². The first-order valence-corrected chi connectivity index (χ1v) is 7.15. The predicted octanol–water partition coefficient (Wildman–Crippen LogP) is 1.11. The van der Waals surface area contributed by atoms with Crippen molar-refractivity contribution >= 4 is 11.9 Å². The van der Waals surface area contributed by atoms with Crippen LogP contribution in [0.15, 0.2) is 60.7 Å². The smallest absolute Gasteiger partial charge is 0.346 e. The SMILES string of the molecule is COC(=O)[C@@](O)(c1ccccc1)[C@](O)(C(=O)OC)c1ccccc1. The van der Waals surface area contributed by atoms with E-state index in [9.17, 15) is 19.8 Å². The van der Waals surface area contributed by atoms with E-state index in [-0.39, 0.29) is 11.1 Å². The number of carbonyl (C=O) groups excluding carboxylic acids is 2. The Kier molecular flexibility index (Phi) is 5.02. The lowest BCUT2D eigenvalue weighted by Gasteiger charge is -2.39. The van der Waals surface area contributed by atoms with Crippen molar-refractivity contribution in [2.24, 2.45) is 0 Å². The van der Waals surface area contributed by atoms with Crippen LogP contribution in [0.1, 0.15) is 11.1 Å². The molecule has 0 aromatic heterocycles. The van der Waals surface area contributed by atoms with Crippen molar-refractivity contribution in [1.82, 2.24) is 0 Å². The van der Waals surface area contributed by atoms with Crippen LogP contribution in [0.3, 0.4) is 0 Å². The first-order chi connectivity index (χ1) is 11.4. The van der Waals surface area contributed by atoms with Crippen LogP contribution in [0.5, 0.6) is 0 Å². The van der Waals surface area contributed by atoms with Gasteiger partial charge in [-0.25, -0.2) is 9.59 Å². The zero-order chi connectivity index (χ0) is 17.8. The Labute approximate surface area is 139 Å². The van der Waals surface area contributed by atoms with Gasteiger partial charge in [-0.15, -0.1) is 0 Å². The number of hydrogen-bond donors (Lipinski definition) is 2.